The minimum atomic E-state index is -0.287. The molecule has 0 aliphatic heterocycles. The third-order valence-corrected chi connectivity index (χ3v) is 3.12. The first-order valence-electron chi connectivity index (χ1n) is 7.34. The molecule has 0 aromatic carbocycles. The van der Waals surface area contributed by atoms with Crippen molar-refractivity contribution in [1.29, 1.82) is 0 Å². The Labute approximate surface area is 130 Å². The van der Waals surface area contributed by atoms with Crippen LogP contribution in [0.25, 0.3) is 0 Å². The number of amides is 2. The number of pyridine rings is 1. The van der Waals surface area contributed by atoms with Crippen molar-refractivity contribution < 1.29 is 9.53 Å². The number of aromatic nitrogens is 1. The van der Waals surface area contributed by atoms with E-state index in [1.165, 1.54) is 0 Å². The monoisotopic (exact) mass is 299 g/mol. The van der Waals surface area contributed by atoms with Gasteiger partial charge in [0.2, 0.25) is 0 Å². The second-order valence-electron chi connectivity index (χ2n) is 4.90. The minimum absolute atomic E-state index is 0.287. The Morgan fingerprint density at radius 1 is 1.36 bits per heavy atom. The van der Waals surface area contributed by atoms with Gasteiger partial charge in [0.1, 0.15) is 11.6 Å². The molecule has 0 spiro atoms. The number of aryl methyl sites for hydroxylation is 1. The molecule has 0 fully saturated rings. The van der Waals surface area contributed by atoms with Crippen molar-refractivity contribution in [2.75, 3.05) is 18.5 Å². The summed E-state index contributed by atoms with van der Waals surface area (Å²) >= 11 is 0. The van der Waals surface area contributed by atoms with E-state index >= 15 is 0 Å². The van der Waals surface area contributed by atoms with Crippen LogP contribution in [0.4, 0.5) is 10.6 Å². The lowest BCUT2D eigenvalue weighted by Crippen LogP contribution is -2.31. The molecule has 1 aromatic heterocycles. The van der Waals surface area contributed by atoms with Crippen molar-refractivity contribution in [2.45, 2.75) is 20.3 Å². The number of hydrogen-bond donors (Lipinski definition) is 2. The van der Waals surface area contributed by atoms with Gasteiger partial charge in [-0.05, 0) is 25.5 Å². The van der Waals surface area contributed by atoms with Gasteiger partial charge in [0, 0.05) is 24.7 Å². The summed E-state index contributed by atoms with van der Waals surface area (Å²) in [5, 5.41) is 5.53. The third kappa shape index (κ3) is 4.77. The molecule has 0 atom stereocenters. The number of hydrogen-bond acceptors (Lipinski definition) is 3. The zero-order valence-corrected chi connectivity index (χ0v) is 12.9. The highest BCUT2D eigenvalue weighted by molar-refractivity contribution is 5.88. The van der Waals surface area contributed by atoms with E-state index in [2.05, 4.69) is 15.6 Å². The van der Waals surface area contributed by atoms with Gasteiger partial charge in [0.15, 0.2) is 0 Å². The summed E-state index contributed by atoms with van der Waals surface area (Å²) in [6.45, 7) is 4.92. The van der Waals surface area contributed by atoms with Crippen molar-refractivity contribution in [3.05, 3.63) is 59.5 Å². The Morgan fingerprint density at radius 3 is 2.95 bits per heavy atom. The van der Waals surface area contributed by atoms with Gasteiger partial charge in [-0.3, -0.25) is 5.32 Å². The Morgan fingerprint density at radius 2 is 2.23 bits per heavy atom. The van der Waals surface area contributed by atoms with Gasteiger partial charge in [-0.15, -0.1) is 0 Å². The van der Waals surface area contributed by atoms with Crippen LogP contribution < -0.4 is 10.6 Å². The molecule has 0 unspecified atom stereocenters. The lowest BCUT2D eigenvalue weighted by Gasteiger charge is -2.12. The van der Waals surface area contributed by atoms with Crippen LogP contribution in [-0.4, -0.2) is 24.2 Å². The molecule has 1 heterocycles. The van der Waals surface area contributed by atoms with E-state index in [1.807, 2.05) is 44.2 Å². The van der Waals surface area contributed by atoms with Crippen molar-refractivity contribution in [2.24, 2.45) is 0 Å². The largest absolute Gasteiger partial charge is 0.498 e. The lowest BCUT2D eigenvalue weighted by molar-refractivity contribution is 0.220. The maximum absolute atomic E-state index is 11.9. The summed E-state index contributed by atoms with van der Waals surface area (Å²) in [4.78, 5) is 16.1. The molecule has 2 N–H and O–H groups in total. The van der Waals surface area contributed by atoms with Gasteiger partial charge >= 0.3 is 6.03 Å². The number of nitrogens with one attached hydrogen (secondary N) is 2. The summed E-state index contributed by atoms with van der Waals surface area (Å²) in [6.07, 6.45) is 10.4. The number of carbonyl (C=O) groups excluding carboxylic acids is 1. The van der Waals surface area contributed by atoms with E-state index in [0.29, 0.717) is 19.0 Å². The molecule has 2 amide bonds. The highest BCUT2D eigenvalue weighted by Gasteiger charge is 2.08. The second-order valence-corrected chi connectivity index (χ2v) is 4.90. The Kier molecular flexibility index (Phi) is 5.77. The fraction of sp³-hybridized carbons (Fsp3) is 0.294. The molecule has 0 saturated heterocycles. The zero-order valence-electron chi connectivity index (χ0n) is 12.9. The number of ether oxygens (including phenoxy) is 1. The fourth-order valence-corrected chi connectivity index (χ4v) is 2.01. The Bertz CT molecular complexity index is 601. The molecular weight excluding hydrogens is 278 g/mol. The van der Waals surface area contributed by atoms with Crippen LogP contribution in [0, 0.1) is 6.92 Å². The summed E-state index contributed by atoms with van der Waals surface area (Å²) in [5.41, 5.74) is 2.02. The average molecular weight is 299 g/mol. The number of nitrogens with zero attached hydrogens (tertiary/aromatic N) is 1. The maximum Gasteiger partial charge on any atom is 0.320 e. The molecule has 1 aliphatic carbocycles. The molecule has 5 heteroatoms. The van der Waals surface area contributed by atoms with Gasteiger partial charge in [-0.2, -0.15) is 0 Å². The Hall–Kier alpha value is -2.56. The van der Waals surface area contributed by atoms with E-state index in [-0.39, 0.29) is 6.03 Å². The van der Waals surface area contributed by atoms with Gasteiger partial charge in [-0.1, -0.05) is 30.4 Å². The predicted molar refractivity (Wildman–Crippen MR) is 87.5 cm³/mol. The van der Waals surface area contributed by atoms with Gasteiger partial charge in [0.05, 0.1) is 6.61 Å². The summed E-state index contributed by atoms with van der Waals surface area (Å²) < 4.78 is 5.63. The van der Waals surface area contributed by atoms with Crippen LogP contribution in [0.2, 0.25) is 0 Å². The third-order valence-electron chi connectivity index (χ3n) is 3.12. The molecule has 0 bridgehead atoms. The highest BCUT2D eigenvalue weighted by Crippen LogP contribution is 2.15. The van der Waals surface area contributed by atoms with Crippen LogP contribution in [0.1, 0.15) is 18.9 Å². The second kappa shape index (κ2) is 8.02. The number of anilines is 1. The van der Waals surface area contributed by atoms with Gasteiger partial charge in [0.25, 0.3) is 0 Å². The molecule has 0 saturated carbocycles. The van der Waals surface area contributed by atoms with Gasteiger partial charge in [-0.25, -0.2) is 9.78 Å². The van der Waals surface area contributed by atoms with E-state index in [0.717, 1.165) is 23.3 Å². The highest BCUT2D eigenvalue weighted by atomic mass is 16.5. The smallest absolute Gasteiger partial charge is 0.320 e. The van der Waals surface area contributed by atoms with Crippen LogP contribution in [0.3, 0.4) is 0 Å². The van der Waals surface area contributed by atoms with Crippen LogP contribution in [-0.2, 0) is 4.74 Å². The van der Waals surface area contributed by atoms with Crippen LogP contribution in [0.5, 0.6) is 0 Å². The quantitative estimate of drug-likeness (QED) is 0.876. The molecule has 5 nitrogen and oxygen atoms in total. The average Bonchev–Trinajstić information content (AvgIpc) is 2.73. The number of allylic oxidation sites excluding steroid dienone is 3. The van der Waals surface area contributed by atoms with Crippen LogP contribution >= 0.6 is 0 Å². The zero-order chi connectivity index (χ0) is 15.8. The lowest BCUT2D eigenvalue weighted by atomic mass is 10.2. The van der Waals surface area contributed by atoms with Crippen LogP contribution in [0.15, 0.2) is 54.0 Å². The normalized spacial score (nSPS) is 13.7. The van der Waals surface area contributed by atoms with Gasteiger partial charge < -0.3 is 10.1 Å². The number of rotatable bonds is 5. The van der Waals surface area contributed by atoms with Crippen molar-refractivity contribution in [3.8, 4) is 0 Å². The maximum atomic E-state index is 11.9. The predicted octanol–water partition coefficient (Wildman–Crippen LogP) is 3.32. The van der Waals surface area contributed by atoms with Crippen molar-refractivity contribution in [1.82, 2.24) is 10.3 Å². The molecule has 116 valence electrons. The topological polar surface area (TPSA) is 63.2 Å². The Balaban J connectivity index is 1.92. The fourth-order valence-electron chi connectivity index (χ4n) is 2.01. The van der Waals surface area contributed by atoms with E-state index in [4.69, 9.17) is 4.74 Å². The molecule has 1 aromatic rings. The molecule has 2 rings (SSSR count). The SMILES string of the molecule is CCOC1=C(CNC(=O)Nc2ccc(C)cn2)C=CC=CC1. The molecule has 1 aliphatic rings. The van der Waals surface area contributed by atoms with E-state index in [1.54, 1.807) is 12.3 Å². The molecular formula is C17H21N3O2. The summed E-state index contributed by atoms with van der Waals surface area (Å²) in [7, 11) is 0. The van der Waals surface area contributed by atoms with Crippen molar-refractivity contribution in [3.63, 3.8) is 0 Å². The standard InChI is InChI=1S/C17H21N3O2/c1-3-22-15-8-6-4-5-7-14(15)12-19-17(21)20-16-10-9-13(2)11-18-16/h4-7,9-11H,3,8,12H2,1-2H3,(H2,18,19,20,21). The number of carbonyl (C=O) groups is 1. The first-order chi connectivity index (χ1) is 10.7. The van der Waals surface area contributed by atoms with E-state index in [9.17, 15) is 4.79 Å². The first kappa shape index (κ1) is 15.8. The summed E-state index contributed by atoms with van der Waals surface area (Å²) in [5.74, 6) is 1.42. The van der Waals surface area contributed by atoms with E-state index < -0.39 is 0 Å². The number of urea groups is 1. The molecule has 22 heavy (non-hydrogen) atoms. The summed E-state index contributed by atoms with van der Waals surface area (Å²) in [6, 6.07) is 3.39. The van der Waals surface area contributed by atoms with Crippen molar-refractivity contribution >= 4 is 11.8 Å². The molecule has 0 radical (unpaired) electrons. The minimum Gasteiger partial charge on any atom is -0.498 e. The first-order valence-corrected chi connectivity index (χ1v) is 7.34.